The van der Waals surface area contributed by atoms with Gasteiger partial charge in [-0.15, -0.1) is 0 Å². The van der Waals surface area contributed by atoms with E-state index in [1.807, 2.05) is 18.4 Å². The first-order valence-electron chi connectivity index (χ1n) is 7.20. The van der Waals surface area contributed by atoms with Crippen LogP contribution in [-0.4, -0.2) is 35.0 Å². The molecule has 0 saturated carbocycles. The van der Waals surface area contributed by atoms with E-state index in [2.05, 4.69) is 17.4 Å². The maximum Gasteiger partial charge on any atom is 0.326 e. The average Bonchev–Trinajstić information content (AvgIpc) is 2.50. The number of aryl methyl sites for hydroxylation is 1. The molecule has 0 bridgehead atoms. The van der Waals surface area contributed by atoms with Gasteiger partial charge in [0, 0.05) is 5.92 Å². The molecule has 0 aromatic heterocycles. The molecule has 114 valence electrons. The molecule has 1 aromatic rings. The lowest BCUT2D eigenvalue weighted by Gasteiger charge is -2.25. The number of nitrogens with one attached hydrogen (secondary N) is 1. The van der Waals surface area contributed by atoms with Crippen molar-refractivity contribution in [2.75, 3.05) is 12.0 Å². The summed E-state index contributed by atoms with van der Waals surface area (Å²) in [5.74, 6) is -0.465. The predicted octanol–water partition coefficient (Wildman–Crippen LogP) is 2.11. The van der Waals surface area contributed by atoms with Crippen molar-refractivity contribution in [3.63, 3.8) is 0 Å². The molecule has 21 heavy (non-hydrogen) atoms. The minimum Gasteiger partial charge on any atom is -0.480 e. The number of rotatable bonds is 6. The second-order valence-corrected chi connectivity index (χ2v) is 6.37. The van der Waals surface area contributed by atoms with Crippen molar-refractivity contribution in [3.05, 3.63) is 35.4 Å². The number of fused-ring (bicyclic) bond motifs is 1. The van der Waals surface area contributed by atoms with Crippen LogP contribution < -0.4 is 5.32 Å². The van der Waals surface area contributed by atoms with Crippen molar-refractivity contribution < 1.29 is 14.7 Å². The van der Waals surface area contributed by atoms with Gasteiger partial charge in [0.25, 0.3) is 0 Å². The molecule has 1 amide bonds. The first kappa shape index (κ1) is 15.9. The van der Waals surface area contributed by atoms with E-state index in [0.717, 1.165) is 18.6 Å². The molecule has 2 atom stereocenters. The summed E-state index contributed by atoms with van der Waals surface area (Å²) in [7, 11) is 0. The van der Waals surface area contributed by atoms with Crippen LogP contribution in [0.1, 0.15) is 24.0 Å². The molecule has 0 spiro atoms. The SMILES string of the molecule is CSCC[C@H](NC(=O)C1CCc2ccccc2C1)C(=O)O. The number of hydrogen-bond acceptors (Lipinski definition) is 3. The number of hydrogen-bond donors (Lipinski definition) is 2. The first-order chi connectivity index (χ1) is 10.1. The van der Waals surface area contributed by atoms with Crippen LogP contribution in [0.3, 0.4) is 0 Å². The van der Waals surface area contributed by atoms with Gasteiger partial charge in [0.1, 0.15) is 6.04 Å². The summed E-state index contributed by atoms with van der Waals surface area (Å²) < 4.78 is 0. The minimum atomic E-state index is -0.950. The van der Waals surface area contributed by atoms with Crippen LogP contribution in [0.25, 0.3) is 0 Å². The summed E-state index contributed by atoms with van der Waals surface area (Å²) in [6.07, 6.45) is 4.77. The van der Waals surface area contributed by atoms with Crippen molar-refractivity contribution in [2.45, 2.75) is 31.7 Å². The number of carbonyl (C=O) groups excluding carboxylic acids is 1. The van der Waals surface area contributed by atoms with Crippen LogP contribution in [0.15, 0.2) is 24.3 Å². The Morgan fingerprint density at radius 3 is 2.76 bits per heavy atom. The van der Waals surface area contributed by atoms with Crippen LogP contribution in [0, 0.1) is 5.92 Å². The fraction of sp³-hybridized carbons (Fsp3) is 0.500. The lowest BCUT2D eigenvalue weighted by molar-refractivity contribution is -0.142. The zero-order chi connectivity index (χ0) is 15.2. The minimum absolute atomic E-state index is 0.115. The summed E-state index contributed by atoms with van der Waals surface area (Å²) in [5, 5.41) is 11.9. The standard InChI is InChI=1S/C16H21NO3S/c1-21-9-8-14(16(19)20)17-15(18)13-7-6-11-4-2-3-5-12(11)10-13/h2-5,13-14H,6-10H2,1H3,(H,17,18)(H,19,20)/t13?,14-/m0/s1. The number of amides is 1. The molecule has 0 saturated heterocycles. The van der Waals surface area contributed by atoms with Crippen LogP contribution in [0.2, 0.25) is 0 Å². The molecule has 1 unspecified atom stereocenters. The zero-order valence-corrected chi connectivity index (χ0v) is 13.0. The van der Waals surface area contributed by atoms with Crippen molar-refractivity contribution in [2.24, 2.45) is 5.92 Å². The molecule has 2 rings (SSSR count). The molecule has 0 radical (unpaired) electrons. The third-order valence-electron chi connectivity index (χ3n) is 3.94. The number of benzene rings is 1. The first-order valence-corrected chi connectivity index (χ1v) is 8.60. The van der Waals surface area contributed by atoms with Gasteiger partial charge < -0.3 is 10.4 Å². The van der Waals surface area contributed by atoms with Gasteiger partial charge in [-0.2, -0.15) is 11.8 Å². The Bertz CT molecular complexity index is 518. The molecule has 0 fully saturated rings. The highest BCUT2D eigenvalue weighted by molar-refractivity contribution is 7.98. The zero-order valence-electron chi connectivity index (χ0n) is 12.2. The number of carboxylic acid groups (broad SMARTS) is 1. The Labute approximate surface area is 129 Å². The molecular formula is C16H21NO3S. The molecule has 5 heteroatoms. The maximum absolute atomic E-state index is 12.3. The summed E-state index contributed by atoms with van der Waals surface area (Å²) in [4.78, 5) is 23.5. The Morgan fingerprint density at radius 1 is 1.38 bits per heavy atom. The highest BCUT2D eigenvalue weighted by Gasteiger charge is 2.27. The largest absolute Gasteiger partial charge is 0.480 e. The van der Waals surface area contributed by atoms with Gasteiger partial charge in [-0.05, 0) is 48.8 Å². The molecule has 1 aliphatic rings. The average molecular weight is 307 g/mol. The van der Waals surface area contributed by atoms with Crippen molar-refractivity contribution in [1.29, 1.82) is 0 Å². The number of carboxylic acids is 1. The van der Waals surface area contributed by atoms with Crippen LogP contribution >= 0.6 is 11.8 Å². The van der Waals surface area contributed by atoms with E-state index >= 15 is 0 Å². The Balaban J connectivity index is 1.96. The van der Waals surface area contributed by atoms with Crippen LogP contribution in [-0.2, 0) is 22.4 Å². The lowest BCUT2D eigenvalue weighted by Crippen LogP contribution is -2.45. The van der Waals surface area contributed by atoms with E-state index in [1.165, 1.54) is 11.1 Å². The Kier molecular flexibility index (Phi) is 5.67. The quantitative estimate of drug-likeness (QED) is 0.845. The second kappa shape index (κ2) is 7.50. The summed E-state index contributed by atoms with van der Waals surface area (Å²) in [5.41, 5.74) is 2.51. The fourth-order valence-electron chi connectivity index (χ4n) is 2.70. The summed E-state index contributed by atoms with van der Waals surface area (Å²) in [6.45, 7) is 0. The molecule has 1 aromatic carbocycles. The van der Waals surface area contributed by atoms with E-state index in [0.29, 0.717) is 12.8 Å². The molecule has 2 N–H and O–H groups in total. The van der Waals surface area contributed by atoms with Gasteiger partial charge in [0.05, 0.1) is 0 Å². The summed E-state index contributed by atoms with van der Waals surface area (Å²) in [6, 6.07) is 7.38. The molecule has 0 aliphatic heterocycles. The molecule has 1 aliphatic carbocycles. The van der Waals surface area contributed by atoms with E-state index in [1.54, 1.807) is 11.8 Å². The number of thioether (sulfide) groups is 1. The van der Waals surface area contributed by atoms with E-state index in [-0.39, 0.29) is 11.8 Å². The van der Waals surface area contributed by atoms with Crippen molar-refractivity contribution in [3.8, 4) is 0 Å². The number of aliphatic carboxylic acids is 1. The summed E-state index contributed by atoms with van der Waals surface area (Å²) >= 11 is 1.59. The third kappa shape index (κ3) is 4.24. The van der Waals surface area contributed by atoms with Crippen LogP contribution in [0.4, 0.5) is 0 Å². The van der Waals surface area contributed by atoms with Gasteiger partial charge in [-0.3, -0.25) is 4.79 Å². The van der Waals surface area contributed by atoms with Gasteiger partial charge in [0.15, 0.2) is 0 Å². The lowest BCUT2D eigenvalue weighted by atomic mass is 9.83. The normalized spacial score (nSPS) is 18.6. The monoisotopic (exact) mass is 307 g/mol. The Hall–Kier alpha value is -1.49. The van der Waals surface area contributed by atoms with E-state index in [4.69, 9.17) is 0 Å². The highest BCUT2D eigenvalue weighted by atomic mass is 32.2. The predicted molar refractivity (Wildman–Crippen MR) is 84.5 cm³/mol. The molecular weight excluding hydrogens is 286 g/mol. The number of carbonyl (C=O) groups is 2. The van der Waals surface area contributed by atoms with E-state index in [9.17, 15) is 14.7 Å². The van der Waals surface area contributed by atoms with Gasteiger partial charge >= 0.3 is 5.97 Å². The highest BCUT2D eigenvalue weighted by Crippen LogP contribution is 2.25. The van der Waals surface area contributed by atoms with Crippen molar-refractivity contribution in [1.82, 2.24) is 5.32 Å². The molecule has 0 heterocycles. The van der Waals surface area contributed by atoms with Gasteiger partial charge in [0.2, 0.25) is 5.91 Å². The second-order valence-electron chi connectivity index (χ2n) is 5.39. The fourth-order valence-corrected chi connectivity index (χ4v) is 3.18. The van der Waals surface area contributed by atoms with Crippen LogP contribution in [0.5, 0.6) is 0 Å². The van der Waals surface area contributed by atoms with Gasteiger partial charge in [-0.1, -0.05) is 24.3 Å². The smallest absolute Gasteiger partial charge is 0.326 e. The topological polar surface area (TPSA) is 66.4 Å². The Morgan fingerprint density at radius 2 is 2.10 bits per heavy atom. The van der Waals surface area contributed by atoms with Gasteiger partial charge in [-0.25, -0.2) is 4.79 Å². The molecule has 4 nitrogen and oxygen atoms in total. The third-order valence-corrected chi connectivity index (χ3v) is 4.59. The maximum atomic E-state index is 12.3. The van der Waals surface area contributed by atoms with Crippen molar-refractivity contribution >= 4 is 23.6 Å². The van der Waals surface area contributed by atoms with E-state index < -0.39 is 12.0 Å².